The third-order valence-corrected chi connectivity index (χ3v) is 2.86. The zero-order valence-corrected chi connectivity index (χ0v) is 10.7. The number of carbonyl (C=O) groups is 1. The van der Waals surface area contributed by atoms with Crippen molar-refractivity contribution >= 4 is 5.91 Å². The van der Waals surface area contributed by atoms with Gasteiger partial charge in [0.05, 0.1) is 0 Å². The Kier molecular flexibility index (Phi) is 4.04. The van der Waals surface area contributed by atoms with Crippen molar-refractivity contribution in [1.29, 1.82) is 0 Å². The fraction of sp³-hybridized carbons (Fsp3) is 0.462. The molecule has 0 radical (unpaired) electrons. The standard InChI is InChI=1S/C13H18N2O3/c1-9(6-14-2)13(16)15-7-10-3-4-11-12(5-10)18-8-17-11/h3-5,9,14H,6-8H2,1-2H3,(H,15,16). The second-order valence-electron chi connectivity index (χ2n) is 4.36. The molecule has 1 aliphatic rings. The van der Waals surface area contributed by atoms with Gasteiger partial charge in [-0.3, -0.25) is 4.79 Å². The lowest BCUT2D eigenvalue weighted by Gasteiger charge is -2.11. The monoisotopic (exact) mass is 250 g/mol. The Bertz CT molecular complexity index is 434. The van der Waals surface area contributed by atoms with E-state index in [1.165, 1.54) is 0 Å². The van der Waals surface area contributed by atoms with Gasteiger partial charge in [-0.15, -0.1) is 0 Å². The summed E-state index contributed by atoms with van der Waals surface area (Å²) in [5, 5.41) is 5.88. The fourth-order valence-corrected chi connectivity index (χ4v) is 1.81. The summed E-state index contributed by atoms with van der Waals surface area (Å²) in [5.74, 6) is 1.50. The second-order valence-corrected chi connectivity index (χ2v) is 4.36. The van der Waals surface area contributed by atoms with Gasteiger partial charge in [0.1, 0.15) is 0 Å². The molecule has 0 aromatic heterocycles. The van der Waals surface area contributed by atoms with Gasteiger partial charge in [0.2, 0.25) is 12.7 Å². The van der Waals surface area contributed by atoms with Gasteiger partial charge in [-0.25, -0.2) is 0 Å². The molecule has 1 aromatic rings. The molecule has 18 heavy (non-hydrogen) atoms. The molecule has 2 rings (SSSR count). The summed E-state index contributed by atoms with van der Waals surface area (Å²) in [6.45, 7) is 3.34. The van der Waals surface area contributed by atoms with Crippen LogP contribution in [0.3, 0.4) is 0 Å². The number of nitrogens with one attached hydrogen (secondary N) is 2. The van der Waals surface area contributed by atoms with Gasteiger partial charge in [-0.05, 0) is 24.7 Å². The van der Waals surface area contributed by atoms with Crippen molar-refractivity contribution in [2.75, 3.05) is 20.4 Å². The Balaban J connectivity index is 1.88. The van der Waals surface area contributed by atoms with E-state index in [1.54, 1.807) is 0 Å². The summed E-state index contributed by atoms with van der Waals surface area (Å²) in [6, 6.07) is 5.68. The zero-order valence-electron chi connectivity index (χ0n) is 10.7. The lowest BCUT2D eigenvalue weighted by atomic mass is 10.1. The van der Waals surface area contributed by atoms with Gasteiger partial charge in [0.15, 0.2) is 11.5 Å². The Morgan fingerprint density at radius 2 is 2.17 bits per heavy atom. The van der Waals surface area contributed by atoms with Gasteiger partial charge >= 0.3 is 0 Å². The van der Waals surface area contributed by atoms with Crippen LogP contribution in [0.1, 0.15) is 12.5 Å². The lowest BCUT2D eigenvalue weighted by molar-refractivity contribution is -0.124. The summed E-state index contributed by atoms with van der Waals surface area (Å²) in [5.41, 5.74) is 1.00. The van der Waals surface area contributed by atoms with Crippen molar-refractivity contribution in [1.82, 2.24) is 10.6 Å². The molecule has 1 aliphatic heterocycles. The molecule has 98 valence electrons. The van der Waals surface area contributed by atoms with E-state index in [0.717, 1.165) is 17.1 Å². The summed E-state index contributed by atoms with van der Waals surface area (Å²) in [6.07, 6.45) is 0. The average Bonchev–Trinajstić information content (AvgIpc) is 2.83. The quantitative estimate of drug-likeness (QED) is 0.814. The number of carbonyl (C=O) groups excluding carboxylic acids is 1. The van der Waals surface area contributed by atoms with Gasteiger partial charge in [-0.2, -0.15) is 0 Å². The maximum Gasteiger partial charge on any atom is 0.231 e. The fourth-order valence-electron chi connectivity index (χ4n) is 1.81. The van der Waals surface area contributed by atoms with Crippen LogP contribution in [-0.4, -0.2) is 26.3 Å². The molecule has 0 spiro atoms. The third kappa shape index (κ3) is 2.92. The van der Waals surface area contributed by atoms with E-state index in [4.69, 9.17) is 9.47 Å². The molecule has 1 amide bonds. The minimum Gasteiger partial charge on any atom is -0.454 e. The molecule has 0 fully saturated rings. The largest absolute Gasteiger partial charge is 0.454 e. The van der Waals surface area contributed by atoms with E-state index in [-0.39, 0.29) is 18.6 Å². The molecular weight excluding hydrogens is 232 g/mol. The molecule has 5 heteroatoms. The van der Waals surface area contributed by atoms with E-state index >= 15 is 0 Å². The third-order valence-electron chi connectivity index (χ3n) is 2.86. The number of rotatable bonds is 5. The van der Waals surface area contributed by atoms with Crippen LogP contribution >= 0.6 is 0 Å². The van der Waals surface area contributed by atoms with Crippen LogP contribution in [0.4, 0.5) is 0 Å². The highest BCUT2D eigenvalue weighted by atomic mass is 16.7. The molecule has 1 unspecified atom stereocenters. The average molecular weight is 250 g/mol. The van der Waals surface area contributed by atoms with Crippen LogP contribution in [0.5, 0.6) is 11.5 Å². The van der Waals surface area contributed by atoms with Crippen LogP contribution in [0.2, 0.25) is 0 Å². The Labute approximate surface area is 106 Å². The minimum atomic E-state index is -0.0380. The highest BCUT2D eigenvalue weighted by Crippen LogP contribution is 2.32. The molecule has 2 N–H and O–H groups in total. The normalized spacial score (nSPS) is 14.3. The maximum atomic E-state index is 11.7. The van der Waals surface area contributed by atoms with Crippen molar-refractivity contribution in [2.45, 2.75) is 13.5 Å². The van der Waals surface area contributed by atoms with Crippen LogP contribution < -0.4 is 20.1 Å². The number of amides is 1. The summed E-state index contributed by atoms with van der Waals surface area (Å²) in [7, 11) is 1.83. The number of hydrogen-bond acceptors (Lipinski definition) is 4. The van der Waals surface area contributed by atoms with E-state index < -0.39 is 0 Å². The van der Waals surface area contributed by atoms with Crippen molar-refractivity contribution < 1.29 is 14.3 Å². The molecule has 0 bridgehead atoms. The smallest absolute Gasteiger partial charge is 0.231 e. The van der Waals surface area contributed by atoms with Gasteiger partial charge < -0.3 is 20.1 Å². The summed E-state index contributed by atoms with van der Waals surface area (Å²) in [4.78, 5) is 11.7. The van der Waals surface area contributed by atoms with E-state index in [1.807, 2.05) is 32.2 Å². The molecule has 0 saturated carbocycles. The number of fused-ring (bicyclic) bond motifs is 1. The van der Waals surface area contributed by atoms with E-state index in [0.29, 0.717) is 13.1 Å². The first-order valence-electron chi connectivity index (χ1n) is 6.01. The lowest BCUT2D eigenvalue weighted by Crippen LogP contribution is -2.33. The SMILES string of the molecule is CNCC(C)C(=O)NCc1ccc2c(c1)OCO2. The molecule has 5 nitrogen and oxygen atoms in total. The zero-order chi connectivity index (χ0) is 13.0. The van der Waals surface area contributed by atoms with Gasteiger partial charge in [-0.1, -0.05) is 13.0 Å². The van der Waals surface area contributed by atoms with Crippen LogP contribution in [-0.2, 0) is 11.3 Å². The predicted octanol–water partition coefficient (Wildman–Crippen LogP) is 0.887. The Morgan fingerprint density at radius 3 is 2.94 bits per heavy atom. The number of ether oxygens (including phenoxy) is 2. The molecular formula is C13H18N2O3. The highest BCUT2D eigenvalue weighted by molar-refractivity contribution is 5.78. The molecule has 1 heterocycles. The minimum absolute atomic E-state index is 0.0380. The van der Waals surface area contributed by atoms with Crippen molar-refractivity contribution in [3.63, 3.8) is 0 Å². The topological polar surface area (TPSA) is 59.6 Å². The van der Waals surface area contributed by atoms with Crippen LogP contribution in [0.15, 0.2) is 18.2 Å². The van der Waals surface area contributed by atoms with Crippen molar-refractivity contribution in [2.24, 2.45) is 5.92 Å². The number of hydrogen-bond donors (Lipinski definition) is 2. The Hall–Kier alpha value is -1.75. The number of benzene rings is 1. The molecule has 1 atom stereocenters. The second kappa shape index (κ2) is 5.73. The van der Waals surface area contributed by atoms with Crippen LogP contribution in [0, 0.1) is 5.92 Å². The van der Waals surface area contributed by atoms with Gasteiger partial charge in [0, 0.05) is 19.0 Å². The Morgan fingerprint density at radius 1 is 1.39 bits per heavy atom. The van der Waals surface area contributed by atoms with Gasteiger partial charge in [0.25, 0.3) is 0 Å². The molecule has 0 aliphatic carbocycles. The van der Waals surface area contributed by atoms with Crippen molar-refractivity contribution in [3.05, 3.63) is 23.8 Å². The maximum absolute atomic E-state index is 11.7. The first-order valence-corrected chi connectivity index (χ1v) is 6.01. The van der Waals surface area contributed by atoms with Crippen LogP contribution in [0.25, 0.3) is 0 Å². The van der Waals surface area contributed by atoms with Crippen molar-refractivity contribution in [3.8, 4) is 11.5 Å². The first kappa shape index (κ1) is 12.7. The van der Waals surface area contributed by atoms with E-state index in [2.05, 4.69) is 10.6 Å². The predicted molar refractivity (Wildman–Crippen MR) is 67.5 cm³/mol. The molecule has 1 aromatic carbocycles. The highest BCUT2D eigenvalue weighted by Gasteiger charge is 2.14. The summed E-state index contributed by atoms with van der Waals surface area (Å²) >= 11 is 0. The molecule has 0 saturated heterocycles. The first-order chi connectivity index (χ1) is 8.70. The van der Waals surface area contributed by atoms with E-state index in [9.17, 15) is 4.79 Å². The summed E-state index contributed by atoms with van der Waals surface area (Å²) < 4.78 is 10.5.